The van der Waals surface area contributed by atoms with Crippen LogP contribution in [-0.4, -0.2) is 0 Å². The van der Waals surface area contributed by atoms with Crippen LogP contribution in [0.15, 0.2) is 47.9 Å². The monoisotopic (exact) mass is 150 g/mol. The van der Waals surface area contributed by atoms with E-state index in [0.717, 1.165) is 5.57 Å². The van der Waals surface area contributed by atoms with Crippen LogP contribution in [0.25, 0.3) is 0 Å². The molecule has 0 aromatic heterocycles. The second-order valence-electron chi connectivity index (χ2n) is 2.36. The summed E-state index contributed by atoms with van der Waals surface area (Å²) in [5.74, 6) is -0.152. The molecule has 0 aliphatic heterocycles. The average Bonchev–Trinajstić information content (AvgIpc) is 2.17. The van der Waals surface area contributed by atoms with Gasteiger partial charge in [0.2, 0.25) is 0 Å². The fourth-order valence-corrected chi connectivity index (χ4v) is 0.936. The zero-order valence-electron chi connectivity index (χ0n) is 6.55. The van der Waals surface area contributed by atoms with E-state index >= 15 is 0 Å². The molecule has 1 aliphatic carbocycles. The Kier molecular flexibility index (Phi) is 2.84. The molecule has 1 rings (SSSR count). The molecule has 0 nitrogen and oxygen atoms in total. The minimum absolute atomic E-state index is 0.152. The summed E-state index contributed by atoms with van der Waals surface area (Å²) in [6.07, 6.45) is 11.4. The van der Waals surface area contributed by atoms with Gasteiger partial charge in [-0.2, -0.15) is 0 Å². The molecule has 0 radical (unpaired) electrons. The van der Waals surface area contributed by atoms with Crippen molar-refractivity contribution in [3.8, 4) is 0 Å². The van der Waals surface area contributed by atoms with Crippen molar-refractivity contribution in [3.05, 3.63) is 47.9 Å². The number of hydrogen-bond acceptors (Lipinski definition) is 0. The molecule has 11 heavy (non-hydrogen) atoms. The van der Waals surface area contributed by atoms with Crippen LogP contribution in [0, 0.1) is 0 Å². The lowest BCUT2D eigenvalue weighted by Gasteiger charge is -1.87. The van der Waals surface area contributed by atoms with Gasteiger partial charge in [-0.15, -0.1) is 0 Å². The summed E-state index contributed by atoms with van der Waals surface area (Å²) < 4.78 is 12.6. The van der Waals surface area contributed by atoms with Crippen molar-refractivity contribution in [2.75, 3.05) is 0 Å². The van der Waals surface area contributed by atoms with Crippen molar-refractivity contribution in [2.24, 2.45) is 0 Å². The molecular weight excluding hydrogens is 139 g/mol. The molecule has 1 aliphatic rings. The van der Waals surface area contributed by atoms with Crippen molar-refractivity contribution in [3.63, 3.8) is 0 Å². The van der Waals surface area contributed by atoms with Crippen LogP contribution in [0.3, 0.4) is 0 Å². The fourth-order valence-electron chi connectivity index (χ4n) is 0.936. The van der Waals surface area contributed by atoms with Gasteiger partial charge in [-0.3, -0.25) is 0 Å². The Balaban J connectivity index is 2.73. The summed E-state index contributed by atoms with van der Waals surface area (Å²) in [7, 11) is 0. The first kappa shape index (κ1) is 7.99. The van der Waals surface area contributed by atoms with Crippen molar-refractivity contribution < 1.29 is 4.39 Å². The van der Waals surface area contributed by atoms with Crippen LogP contribution in [0.5, 0.6) is 0 Å². The van der Waals surface area contributed by atoms with E-state index in [-0.39, 0.29) is 5.83 Å². The van der Waals surface area contributed by atoms with Gasteiger partial charge in [0.15, 0.2) is 0 Å². The van der Waals surface area contributed by atoms with Gasteiger partial charge in [0.25, 0.3) is 0 Å². The molecule has 0 N–H and O–H groups in total. The Labute approximate surface area is 66.4 Å². The van der Waals surface area contributed by atoms with Crippen molar-refractivity contribution in [1.82, 2.24) is 0 Å². The Morgan fingerprint density at radius 2 is 2.18 bits per heavy atom. The standard InChI is InChI=1S/C10H11F/c1-2-4-9-5-3-6-10(11)8-7-9/h2,4-8H,3H2,1H3/b4-2+. The Bertz CT molecular complexity index is 242. The summed E-state index contributed by atoms with van der Waals surface area (Å²) >= 11 is 0. The molecule has 0 bridgehead atoms. The van der Waals surface area contributed by atoms with E-state index in [2.05, 4.69) is 0 Å². The minimum Gasteiger partial charge on any atom is -0.207 e. The third-order valence-corrected chi connectivity index (χ3v) is 1.46. The van der Waals surface area contributed by atoms with Crippen LogP contribution < -0.4 is 0 Å². The van der Waals surface area contributed by atoms with Gasteiger partial charge in [0, 0.05) is 0 Å². The molecule has 0 fully saturated rings. The van der Waals surface area contributed by atoms with Gasteiger partial charge >= 0.3 is 0 Å². The largest absolute Gasteiger partial charge is 0.207 e. The molecule has 0 amide bonds. The normalized spacial score (nSPS) is 18.0. The molecule has 0 saturated carbocycles. The summed E-state index contributed by atoms with van der Waals surface area (Å²) in [6.45, 7) is 1.95. The Morgan fingerprint density at radius 3 is 2.91 bits per heavy atom. The van der Waals surface area contributed by atoms with Crippen LogP contribution in [0.1, 0.15) is 13.3 Å². The lowest BCUT2D eigenvalue weighted by atomic mass is 10.2. The van der Waals surface area contributed by atoms with E-state index in [1.54, 1.807) is 12.2 Å². The number of allylic oxidation sites excluding steroid dienone is 8. The van der Waals surface area contributed by atoms with Gasteiger partial charge in [0.1, 0.15) is 5.83 Å². The Hall–Kier alpha value is -1.11. The highest BCUT2D eigenvalue weighted by Gasteiger charge is 1.92. The molecule has 58 valence electrons. The van der Waals surface area contributed by atoms with Gasteiger partial charge in [-0.1, -0.05) is 24.3 Å². The van der Waals surface area contributed by atoms with E-state index in [0.29, 0.717) is 6.42 Å². The van der Waals surface area contributed by atoms with Crippen LogP contribution in [-0.2, 0) is 0 Å². The first-order chi connectivity index (χ1) is 5.33. The van der Waals surface area contributed by atoms with Crippen molar-refractivity contribution in [2.45, 2.75) is 13.3 Å². The molecule has 0 aromatic carbocycles. The van der Waals surface area contributed by atoms with E-state index in [9.17, 15) is 4.39 Å². The second kappa shape index (κ2) is 3.91. The molecule has 0 unspecified atom stereocenters. The van der Waals surface area contributed by atoms with E-state index < -0.39 is 0 Å². The molecule has 0 atom stereocenters. The minimum atomic E-state index is -0.152. The number of hydrogen-bond donors (Lipinski definition) is 0. The molecule has 0 saturated heterocycles. The van der Waals surface area contributed by atoms with Gasteiger partial charge in [0.05, 0.1) is 0 Å². The van der Waals surface area contributed by atoms with Crippen molar-refractivity contribution >= 4 is 0 Å². The number of rotatable bonds is 1. The van der Waals surface area contributed by atoms with Gasteiger partial charge < -0.3 is 0 Å². The van der Waals surface area contributed by atoms with Crippen LogP contribution >= 0.6 is 0 Å². The summed E-state index contributed by atoms with van der Waals surface area (Å²) in [4.78, 5) is 0. The van der Waals surface area contributed by atoms with E-state index in [4.69, 9.17) is 0 Å². The lowest BCUT2D eigenvalue weighted by Crippen LogP contribution is -1.67. The van der Waals surface area contributed by atoms with Crippen molar-refractivity contribution in [1.29, 1.82) is 0 Å². The highest BCUT2D eigenvalue weighted by molar-refractivity contribution is 5.36. The van der Waals surface area contributed by atoms with Gasteiger partial charge in [-0.05, 0) is 31.1 Å². The second-order valence-corrected chi connectivity index (χ2v) is 2.36. The maximum Gasteiger partial charge on any atom is 0.119 e. The molecule has 1 heteroatoms. The summed E-state index contributed by atoms with van der Waals surface area (Å²) in [6, 6.07) is 0. The average molecular weight is 150 g/mol. The molecule has 0 aromatic rings. The summed E-state index contributed by atoms with van der Waals surface area (Å²) in [5.41, 5.74) is 1.07. The molecule has 0 heterocycles. The highest BCUT2D eigenvalue weighted by Crippen LogP contribution is 2.11. The van der Waals surface area contributed by atoms with Gasteiger partial charge in [-0.25, -0.2) is 4.39 Å². The topological polar surface area (TPSA) is 0 Å². The molecular formula is C10H11F. The predicted molar refractivity (Wildman–Crippen MR) is 45.8 cm³/mol. The maximum atomic E-state index is 12.6. The molecule has 0 spiro atoms. The zero-order chi connectivity index (χ0) is 8.10. The first-order valence-electron chi connectivity index (χ1n) is 3.69. The maximum absolute atomic E-state index is 12.6. The first-order valence-corrected chi connectivity index (χ1v) is 3.69. The van der Waals surface area contributed by atoms with Crippen LogP contribution in [0.4, 0.5) is 4.39 Å². The summed E-state index contributed by atoms with van der Waals surface area (Å²) in [5, 5.41) is 0. The predicted octanol–water partition coefficient (Wildman–Crippen LogP) is 3.30. The highest BCUT2D eigenvalue weighted by atomic mass is 19.1. The quantitative estimate of drug-likeness (QED) is 0.538. The van der Waals surface area contributed by atoms with E-state index in [1.807, 2.05) is 25.2 Å². The zero-order valence-corrected chi connectivity index (χ0v) is 6.55. The third-order valence-electron chi connectivity index (χ3n) is 1.46. The third kappa shape index (κ3) is 2.54. The number of halogens is 1. The Morgan fingerprint density at radius 1 is 1.36 bits per heavy atom. The lowest BCUT2D eigenvalue weighted by molar-refractivity contribution is 0.663. The van der Waals surface area contributed by atoms with E-state index in [1.165, 1.54) is 6.08 Å². The fraction of sp³-hybridized carbons (Fsp3) is 0.200. The van der Waals surface area contributed by atoms with Crippen LogP contribution in [0.2, 0.25) is 0 Å². The SMILES string of the molecule is C/C=C/C1=CCC=C(F)C=C1. The smallest absolute Gasteiger partial charge is 0.119 e.